The van der Waals surface area contributed by atoms with Gasteiger partial charge in [0, 0.05) is 19.2 Å². The molecular formula is C16H13F4NO2. The molecule has 3 nitrogen and oxygen atoms in total. The molecule has 0 heterocycles. The Hall–Kier alpha value is -2.57. The van der Waals surface area contributed by atoms with E-state index in [9.17, 15) is 22.4 Å². The number of rotatable bonds is 4. The first-order valence-electron chi connectivity index (χ1n) is 6.61. The second-order valence-electron chi connectivity index (χ2n) is 4.80. The summed E-state index contributed by atoms with van der Waals surface area (Å²) in [5.41, 5.74) is 0.0150. The van der Waals surface area contributed by atoms with E-state index < -0.39 is 23.8 Å². The van der Waals surface area contributed by atoms with Crippen LogP contribution in [0.1, 0.15) is 15.9 Å². The zero-order valence-corrected chi connectivity index (χ0v) is 12.1. The number of hydrogen-bond donors (Lipinski definition) is 0. The van der Waals surface area contributed by atoms with Gasteiger partial charge >= 0.3 is 6.36 Å². The first-order valence-corrected chi connectivity index (χ1v) is 6.61. The molecule has 0 aliphatic carbocycles. The lowest BCUT2D eigenvalue weighted by Gasteiger charge is -2.20. The van der Waals surface area contributed by atoms with E-state index in [0.29, 0.717) is 0 Å². The van der Waals surface area contributed by atoms with E-state index in [2.05, 4.69) is 4.74 Å². The third-order valence-electron chi connectivity index (χ3n) is 3.06. The molecule has 0 atom stereocenters. The standard InChI is InChI=1S/C16H13F4NO2/c1-21(15(22)12-7-3-4-8-13(12)17)10-11-6-2-5-9-14(11)23-16(18,19)20/h2-9H,10H2,1H3. The number of para-hydroxylation sites is 1. The lowest BCUT2D eigenvalue weighted by atomic mass is 10.1. The molecule has 1 amide bonds. The van der Waals surface area contributed by atoms with E-state index in [1.54, 1.807) is 0 Å². The Bertz CT molecular complexity index is 700. The topological polar surface area (TPSA) is 29.5 Å². The number of halogens is 4. The Morgan fingerprint density at radius 2 is 1.70 bits per heavy atom. The van der Waals surface area contributed by atoms with E-state index >= 15 is 0 Å². The molecule has 0 aromatic heterocycles. The number of hydrogen-bond acceptors (Lipinski definition) is 2. The van der Waals surface area contributed by atoms with Gasteiger partial charge in [-0.25, -0.2) is 4.39 Å². The van der Waals surface area contributed by atoms with Crippen molar-refractivity contribution >= 4 is 5.91 Å². The van der Waals surface area contributed by atoms with Crippen LogP contribution in [0, 0.1) is 5.82 Å². The largest absolute Gasteiger partial charge is 0.573 e. The molecule has 7 heteroatoms. The molecule has 2 aromatic carbocycles. The van der Waals surface area contributed by atoms with Gasteiger partial charge in [0.15, 0.2) is 0 Å². The average molecular weight is 327 g/mol. The average Bonchev–Trinajstić information content (AvgIpc) is 2.47. The Kier molecular flexibility index (Phi) is 4.88. The molecule has 0 radical (unpaired) electrons. The summed E-state index contributed by atoms with van der Waals surface area (Å²) in [5, 5.41) is 0. The quantitative estimate of drug-likeness (QED) is 0.795. The number of nitrogens with zero attached hydrogens (tertiary/aromatic N) is 1. The van der Waals surface area contributed by atoms with Crippen molar-refractivity contribution in [2.24, 2.45) is 0 Å². The minimum absolute atomic E-state index is 0.149. The fourth-order valence-corrected chi connectivity index (χ4v) is 2.03. The Morgan fingerprint density at radius 1 is 1.09 bits per heavy atom. The van der Waals surface area contributed by atoms with Gasteiger partial charge in [0.25, 0.3) is 5.91 Å². The number of amides is 1. The molecule has 122 valence electrons. The molecule has 0 N–H and O–H groups in total. The molecular weight excluding hydrogens is 314 g/mol. The zero-order valence-electron chi connectivity index (χ0n) is 12.1. The third kappa shape index (κ3) is 4.45. The van der Waals surface area contributed by atoms with Crippen LogP contribution < -0.4 is 4.74 Å². The van der Waals surface area contributed by atoms with Crippen LogP contribution in [0.2, 0.25) is 0 Å². The van der Waals surface area contributed by atoms with E-state index in [4.69, 9.17) is 0 Å². The fraction of sp³-hybridized carbons (Fsp3) is 0.188. The maximum atomic E-state index is 13.6. The molecule has 2 aromatic rings. The predicted molar refractivity (Wildman–Crippen MR) is 75.3 cm³/mol. The summed E-state index contributed by atoms with van der Waals surface area (Å²) in [4.78, 5) is 13.3. The lowest BCUT2D eigenvalue weighted by molar-refractivity contribution is -0.274. The molecule has 0 aliphatic heterocycles. The number of carbonyl (C=O) groups is 1. The highest BCUT2D eigenvalue weighted by molar-refractivity contribution is 5.94. The van der Waals surface area contributed by atoms with Crippen LogP contribution >= 0.6 is 0 Å². The molecule has 23 heavy (non-hydrogen) atoms. The number of benzene rings is 2. The number of alkyl halides is 3. The monoisotopic (exact) mass is 327 g/mol. The molecule has 2 rings (SSSR count). The summed E-state index contributed by atoms with van der Waals surface area (Å²) in [7, 11) is 1.37. The molecule has 0 spiro atoms. The highest BCUT2D eigenvalue weighted by Crippen LogP contribution is 2.27. The van der Waals surface area contributed by atoms with Crippen LogP contribution in [0.15, 0.2) is 48.5 Å². The summed E-state index contributed by atoms with van der Waals surface area (Å²) in [6, 6.07) is 10.9. The van der Waals surface area contributed by atoms with E-state index in [-0.39, 0.29) is 17.7 Å². The smallest absolute Gasteiger partial charge is 0.405 e. The molecule has 0 unspecified atom stereocenters. The molecule has 0 saturated carbocycles. The van der Waals surface area contributed by atoms with Gasteiger partial charge in [-0.05, 0) is 18.2 Å². The van der Waals surface area contributed by atoms with Crippen molar-refractivity contribution in [2.75, 3.05) is 7.05 Å². The SMILES string of the molecule is CN(Cc1ccccc1OC(F)(F)F)C(=O)c1ccccc1F. The normalized spacial score (nSPS) is 11.2. The lowest BCUT2D eigenvalue weighted by Crippen LogP contribution is -2.27. The second-order valence-corrected chi connectivity index (χ2v) is 4.80. The molecule has 0 aliphatic rings. The summed E-state index contributed by atoms with van der Waals surface area (Å²) >= 11 is 0. The van der Waals surface area contributed by atoms with E-state index in [1.165, 1.54) is 43.4 Å². The summed E-state index contributed by atoms with van der Waals surface area (Å²) < 4.78 is 54.7. The van der Waals surface area contributed by atoms with Gasteiger partial charge in [-0.15, -0.1) is 13.2 Å². The van der Waals surface area contributed by atoms with Gasteiger partial charge in [0.2, 0.25) is 0 Å². The van der Waals surface area contributed by atoms with Gasteiger partial charge in [0.1, 0.15) is 11.6 Å². The zero-order chi connectivity index (χ0) is 17.0. The van der Waals surface area contributed by atoms with Crippen molar-refractivity contribution < 1.29 is 27.1 Å². The second kappa shape index (κ2) is 6.68. The van der Waals surface area contributed by atoms with E-state index in [0.717, 1.165) is 17.0 Å². The van der Waals surface area contributed by atoms with Crippen molar-refractivity contribution in [3.05, 3.63) is 65.5 Å². The van der Waals surface area contributed by atoms with Gasteiger partial charge < -0.3 is 9.64 Å². The minimum atomic E-state index is -4.83. The molecule has 0 saturated heterocycles. The van der Waals surface area contributed by atoms with Crippen molar-refractivity contribution in [2.45, 2.75) is 12.9 Å². The van der Waals surface area contributed by atoms with Gasteiger partial charge in [-0.3, -0.25) is 4.79 Å². The van der Waals surface area contributed by atoms with Crippen LogP contribution in [0.3, 0.4) is 0 Å². The first kappa shape index (κ1) is 16.8. The van der Waals surface area contributed by atoms with Crippen molar-refractivity contribution in [3.63, 3.8) is 0 Å². The maximum absolute atomic E-state index is 13.6. The highest BCUT2D eigenvalue weighted by Gasteiger charge is 2.32. The van der Waals surface area contributed by atoms with Gasteiger partial charge in [-0.1, -0.05) is 30.3 Å². The molecule has 0 fully saturated rings. The van der Waals surface area contributed by atoms with Crippen molar-refractivity contribution in [1.82, 2.24) is 4.90 Å². The Morgan fingerprint density at radius 3 is 2.35 bits per heavy atom. The Balaban J connectivity index is 2.19. The minimum Gasteiger partial charge on any atom is -0.405 e. The Labute approximate surface area is 130 Å². The van der Waals surface area contributed by atoms with Crippen molar-refractivity contribution in [1.29, 1.82) is 0 Å². The summed E-state index contributed by atoms with van der Waals surface area (Å²) in [5.74, 6) is -1.72. The van der Waals surface area contributed by atoms with Crippen molar-refractivity contribution in [3.8, 4) is 5.75 Å². The van der Waals surface area contributed by atoms with Gasteiger partial charge in [0.05, 0.1) is 5.56 Å². The predicted octanol–water partition coefficient (Wildman–Crippen LogP) is 4.00. The fourth-order valence-electron chi connectivity index (χ4n) is 2.03. The van der Waals surface area contributed by atoms with Crippen LogP contribution in [0.5, 0.6) is 5.75 Å². The number of ether oxygens (including phenoxy) is 1. The molecule has 0 bridgehead atoms. The number of carbonyl (C=O) groups excluding carboxylic acids is 1. The van der Waals surface area contributed by atoms with Crippen LogP contribution in [-0.2, 0) is 6.54 Å². The van der Waals surface area contributed by atoms with Gasteiger partial charge in [-0.2, -0.15) is 0 Å². The van der Waals surface area contributed by atoms with Crippen LogP contribution in [0.4, 0.5) is 17.6 Å². The highest BCUT2D eigenvalue weighted by atomic mass is 19.4. The summed E-state index contributed by atoms with van der Waals surface area (Å²) in [6.45, 7) is -0.153. The van der Waals surface area contributed by atoms with Crippen LogP contribution in [0.25, 0.3) is 0 Å². The summed E-state index contributed by atoms with van der Waals surface area (Å²) in [6.07, 6.45) is -4.83. The first-order chi connectivity index (χ1) is 10.8. The maximum Gasteiger partial charge on any atom is 0.573 e. The van der Waals surface area contributed by atoms with Crippen LogP contribution in [-0.4, -0.2) is 24.2 Å². The van der Waals surface area contributed by atoms with E-state index in [1.807, 2.05) is 0 Å². The third-order valence-corrected chi connectivity index (χ3v) is 3.06.